The van der Waals surface area contributed by atoms with Gasteiger partial charge in [-0.05, 0) is 56.2 Å². The van der Waals surface area contributed by atoms with Crippen LogP contribution in [0.1, 0.15) is 16.8 Å². The molecule has 152 valence electrons. The second-order valence-electron chi connectivity index (χ2n) is 6.86. The zero-order chi connectivity index (χ0) is 21.1. The first kappa shape index (κ1) is 20.2. The Kier molecular flexibility index (Phi) is 5.91. The van der Waals surface area contributed by atoms with Crippen molar-refractivity contribution >= 4 is 34.1 Å². The number of amides is 1. The third-order valence-electron chi connectivity index (χ3n) is 4.22. The summed E-state index contributed by atoms with van der Waals surface area (Å²) in [4.78, 5) is 20.9. The average Bonchev–Trinajstić information content (AvgIpc) is 3.32. The highest BCUT2D eigenvalue weighted by Gasteiger charge is 2.18. The number of nitrogens with zero attached hydrogens (tertiary/aromatic N) is 5. The van der Waals surface area contributed by atoms with Gasteiger partial charge in [-0.1, -0.05) is 17.8 Å². The molecular weight excluding hydrogens is 416 g/mol. The summed E-state index contributed by atoms with van der Waals surface area (Å²) in [5.41, 5.74) is 4.99. The summed E-state index contributed by atoms with van der Waals surface area (Å²) in [5.74, 6) is 0.757. The number of pyridine rings is 1. The molecule has 4 rings (SSSR count). The second-order valence-corrected chi connectivity index (χ2v) is 8.66. The highest BCUT2D eigenvalue weighted by molar-refractivity contribution is 7.99. The van der Waals surface area contributed by atoms with Crippen LogP contribution in [-0.4, -0.2) is 36.4 Å². The van der Waals surface area contributed by atoms with Crippen molar-refractivity contribution in [1.82, 2.24) is 24.7 Å². The normalized spacial score (nSPS) is 10.9. The lowest BCUT2D eigenvalue weighted by atomic mass is 10.1. The van der Waals surface area contributed by atoms with E-state index in [2.05, 4.69) is 57.5 Å². The van der Waals surface area contributed by atoms with Gasteiger partial charge in [0.15, 0.2) is 16.1 Å². The number of aromatic nitrogens is 5. The van der Waals surface area contributed by atoms with E-state index in [0.717, 1.165) is 28.1 Å². The maximum atomic E-state index is 12.4. The Morgan fingerprint density at radius 1 is 1.17 bits per heavy atom. The fraction of sp³-hybridized carbons (Fsp3) is 0.190. The zero-order valence-corrected chi connectivity index (χ0v) is 18.4. The van der Waals surface area contributed by atoms with Crippen LogP contribution in [0.15, 0.2) is 53.3 Å². The molecule has 0 spiro atoms. The van der Waals surface area contributed by atoms with Gasteiger partial charge in [-0.3, -0.25) is 14.3 Å². The molecule has 1 N–H and O–H groups in total. The number of carbonyl (C=O) groups excluding carboxylic acids is 1. The van der Waals surface area contributed by atoms with Crippen LogP contribution in [0.4, 0.5) is 5.13 Å². The largest absolute Gasteiger partial charge is 0.301 e. The molecule has 9 heteroatoms. The fourth-order valence-corrected chi connectivity index (χ4v) is 4.51. The van der Waals surface area contributed by atoms with Crippen molar-refractivity contribution in [3.8, 4) is 17.1 Å². The van der Waals surface area contributed by atoms with Crippen LogP contribution in [0.2, 0.25) is 0 Å². The average molecular weight is 437 g/mol. The van der Waals surface area contributed by atoms with Gasteiger partial charge < -0.3 is 5.32 Å². The van der Waals surface area contributed by atoms with Gasteiger partial charge in [0, 0.05) is 23.3 Å². The van der Waals surface area contributed by atoms with Crippen LogP contribution in [0.3, 0.4) is 0 Å². The van der Waals surface area contributed by atoms with Crippen LogP contribution in [0, 0.1) is 20.8 Å². The zero-order valence-electron chi connectivity index (χ0n) is 16.8. The molecule has 1 aromatic carbocycles. The van der Waals surface area contributed by atoms with E-state index in [1.807, 2.05) is 29.0 Å². The van der Waals surface area contributed by atoms with Crippen molar-refractivity contribution in [3.05, 3.63) is 64.9 Å². The molecule has 0 aliphatic rings. The number of hydrogen-bond acceptors (Lipinski definition) is 7. The predicted octanol–water partition coefficient (Wildman–Crippen LogP) is 4.44. The number of thiazole rings is 1. The van der Waals surface area contributed by atoms with Gasteiger partial charge >= 0.3 is 0 Å². The number of nitrogens with one attached hydrogen (secondary N) is 1. The molecule has 0 atom stereocenters. The minimum Gasteiger partial charge on any atom is -0.301 e. The summed E-state index contributed by atoms with van der Waals surface area (Å²) in [6, 6.07) is 10.1. The first-order valence-corrected chi connectivity index (χ1v) is 11.2. The summed E-state index contributed by atoms with van der Waals surface area (Å²) in [5, 5.41) is 14.7. The maximum absolute atomic E-state index is 12.4. The summed E-state index contributed by atoms with van der Waals surface area (Å²) < 4.78 is 1.97. The van der Waals surface area contributed by atoms with E-state index < -0.39 is 0 Å². The molecule has 7 nitrogen and oxygen atoms in total. The summed E-state index contributed by atoms with van der Waals surface area (Å²) in [7, 11) is 0. The Bertz CT molecular complexity index is 1170. The number of aryl methyl sites for hydroxylation is 3. The van der Waals surface area contributed by atoms with Crippen molar-refractivity contribution in [2.24, 2.45) is 0 Å². The summed E-state index contributed by atoms with van der Waals surface area (Å²) >= 11 is 2.75. The van der Waals surface area contributed by atoms with E-state index in [1.54, 1.807) is 12.4 Å². The summed E-state index contributed by atoms with van der Waals surface area (Å²) in [6.45, 7) is 6.01. The van der Waals surface area contributed by atoms with Crippen LogP contribution in [-0.2, 0) is 4.79 Å². The van der Waals surface area contributed by atoms with E-state index in [0.29, 0.717) is 16.1 Å². The molecule has 0 saturated heterocycles. The van der Waals surface area contributed by atoms with Gasteiger partial charge in [-0.25, -0.2) is 4.98 Å². The van der Waals surface area contributed by atoms with Crippen molar-refractivity contribution < 1.29 is 4.79 Å². The fourth-order valence-electron chi connectivity index (χ4n) is 3.05. The van der Waals surface area contributed by atoms with Gasteiger partial charge in [0.1, 0.15) is 0 Å². The number of thioether (sulfide) groups is 1. The lowest BCUT2D eigenvalue weighted by molar-refractivity contribution is -0.113. The third kappa shape index (κ3) is 4.58. The van der Waals surface area contributed by atoms with Gasteiger partial charge in [0.25, 0.3) is 0 Å². The molecule has 3 aromatic heterocycles. The lowest BCUT2D eigenvalue weighted by Gasteiger charge is -2.12. The molecule has 3 heterocycles. The number of anilines is 1. The summed E-state index contributed by atoms with van der Waals surface area (Å²) in [6.07, 6.45) is 3.48. The first-order valence-electron chi connectivity index (χ1n) is 9.29. The molecular formula is C21H20N6OS2. The monoisotopic (exact) mass is 436 g/mol. The number of carbonyl (C=O) groups is 1. The molecule has 1 amide bonds. The third-order valence-corrected chi connectivity index (χ3v) is 6.02. The Morgan fingerprint density at radius 2 is 1.97 bits per heavy atom. The van der Waals surface area contributed by atoms with E-state index in [4.69, 9.17) is 0 Å². The van der Waals surface area contributed by atoms with E-state index in [1.165, 1.54) is 23.1 Å². The van der Waals surface area contributed by atoms with Crippen molar-refractivity contribution in [1.29, 1.82) is 0 Å². The predicted molar refractivity (Wildman–Crippen MR) is 120 cm³/mol. The quantitative estimate of drug-likeness (QED) is 0.450. The van der Waals surface area contributed by atoms with E-state index in [-0.39, 0.29) is 11.7 Å². The number of rotatable bonds is 6. The Hall–Kier alpha value is -3.04. The first-order chi connectivity index (χ1) is 14.5. The minimum atomic E-state index is -0.132. The van der Waals surface area contributed by atoms with E-state index in [9.17, 15) is 4.79 Å². The van der Waals surface area contributed by atoms with Crippen molar-refractivity contribution in [2.45, 2.75) is 25.9 Å². The van der Waals surface area contributed by atoms with Crippen molar-refractivity contribution in [3.63, 3.8) is 0 Å². The van der Waals surface area contributed by atoms with Gasteiger partial charge in [-0.2, -0.15) is 0 Å². The molecule has 0 saturated carbocycles. The van der Waals surface area contributed by atoms with E-state index >= 15 is 0 Å². The molecule has 30 heavy (non-hydrogen) atoms. The van der Waals surface area contributed by atoms with Crippen molar-refractivity contribution in [2.75, 3.05) is 11.1 Å². The molecule has 0 fully saturated rings. The maximum Gasteiger partial charge on any atom is 0.236 e. The highest BCUT2D eigenvalue weighted by atomic mass is 32.2. The van der Waals surface area contributed by atoms with Crippen LogP contribution < -0.4 is 5.32 Å². The molecule has 4 aromatic rings. The number of benzene rings is 1. The van der Waals surface area contributed by atoms with Gasteiger partial charge in [0.2, 0.25) is 5.91 Å². The van der Waals surface area contributed by atoms with Crippen LogP contribution in [0.5, 0.6) is 0 Å². The lowest BCUT2D eigenvalue weighted by Crippen LogP contribution is -2.14. The highest BCUT2D eigenvalue weighted by Crippen LogP contribution is 2.29. The van der Waals surface area contributed by atoms with Crippen LogP contribution >= 0.6 is 23.1 Å². The van der Waals surface area contributed by atoms with Gasteiger partial charge in [0.05, 0.1) is 17.1 Å². The topological polar surface area (TPSA) is 85.6 Å². The molecule has 0 unspecified atom stereocenters. The standard InChI is InChI=1S/C21H20N6OS2/c1-13-7-14(2)9-17(8-13)27-19(16-5-4-6-22-10-16)25-26-21(27)30-12-18(28)24-20-23-15(3)11-29-20/h4-11H,12H2,1-3H3,(H,23,24,28). The molecule has 0 bridgehead atoms. The Morgan fingerprint density at radius 3 is 2.63 bits per heavy atom. The molecule has 0 aliphatic carbocycles. The Balaban J connectivity index is 1.64. The van der Waals surface area contributed by atoms with Gasteiger partial charge in [-0.15, -0.1) is 21.5 Å². The molecule has 0 aliphatic heterocycles. The Labute approximate surface area is 182 Å². The van der Waals surface area contributed by atoms with Crippen LogP contribution in [0.25, 0.3) is 17.1 Å². The number of hydrogen-bond donors (Lipinski definition) is 1. The smallest absolute Gasteiger partial charge is 0.236 e. The SMILES string of the molecule is Cc1cc(C)cc(-n2c(SCC(=O)Nc3nc(C)cs3)nnc2-c2cccnc2)c1. The second kappa shape index (κ2) is 8.76. The molecule has 0 radical (unpaired) electrons. The minimum absolute atomic E-state index is 0.132.